The maximum absolute atomic E-state index is 13.7. The Kier molecular flexibility index (Phi) is 17.8. The first-order chi connectivity index (χ1) is 12.6. The zero-order valence-corrected chi connectivity index (χ0v) is 17.2. The van der Waals surface area contributed by atoms with E-state index >= 15 is 0 Å². The molecule has 3 nitrogen and oxygen atoms in total. The molecule has 0 aliphatic rings. The smallest absolute Gasteiger partial charge is 0.248 e. The maximum atomic E-state index is 13.7. The molecule has 26 heavy (non-hydrogen) atoms. The Morgan fingerprint density at radius 1 is 0.962 bits per heavy atom. The SMILES string of the molecule is CCCCC/C=C\C/C=C\CCCCCCCC(F)CC(=O)N(C)OC. The molecule has 4 heteroatoms. The lowest BCUT2D eigenvalue weighted by Crippen LogP contribution is -2.27. The molecule has 0 heterocycles. The van der Waals surface area contributed by atoms with Gasteiger partial charge in [0, 0.05) is 7.05 Å². The number of amides is 1. The average molecular weight is 370 g/mol. The lowest BCUT2D eigenvalue weighted by molar-refractivity contribution is -0.169. The number of unbranched alkanes of at least 4 members (excludes halogenated alkanes) is 8. The standard InChI is InChI=1S/C22H40FNO2/c1-4-5-6-7-8-9-10-11-12-13-14-15-16-17-18-19-21(23)20-22(25)24(2)26-3/h8-9,11-12,21H,4-7,10,13-20H2,1-3H3/b9-8-,12-11-. The summed E-state index contributed by atoms with van der Waals surface area (Å²) in [5.74, 6) is -0.303. The molecule has 0 saturated heterocycles. The van der Waals surface area contributed by atoms with Crippen molar-refractivity contribution in [3.63, 3.8) is 0 Å². The van der Waals surface area contributed by atoms with Gasteiger partial charge in [-0.15, -0.1) is 0 Å². The van der Waals surface area contributed by atoms with Crippen molar-refractivity contribution in [2.45, 2.75) is 96.6 Å². The fourth-order valence-electron chi connectivity index (χ4n) is 2.70. The zero-order valence-electron chi connectivity index (χ0n) is 17.2. The minimum atomic E-state index is -1.06. The summed E-state index contributed by atoms with van der Waals surface area (Å²) in [7, 11) is 2.92. The normalized spacial score (nSPS) is 12.9. The van der Waals surface area contributed by atoms with Crippen LogP contribution in [0.25, 0.3) is 0 Å². The molecule has 0 bridgehead atoms. The molecule has 0 rings (SSSR count). The van der Waals surface area contributed by atoms with Gasteiger partial charge in [-0.05, 0) is 38.5 Å². The largest absolute Gasteiger partial charge is 0.275 e. The highest BCUT2D eigenvalue weighted by molar-refractivity contribution is 5.75. The Hall–Kier alpha value is -1.16. The minimum absolute atomic E-state index is 0.0812. The molecule has 1 amide bonds. The summed E-state index contributed by atoms with van der Waals surface area (Å²) in [6.07, 6.45) is 21.1. The van der Waals surface area contributed by atoms with E-state index in [1.54, 1.807) is 0 Å². The van der Waals surface area contributed by atoms with Crippen LogP contribution in [-0.4, -0.2) is 31.3 Å². The van der Waals surface area contributed by atoms with Crippen molar-refractivity contribution in [1.82, 2.24) is 5.06 Å². The second-order valence-electron chi connectivity index (χ2n) is 6.89. The second-order valence-corrected chi connectivity index (χ2v) is 6.89. The van der Waals surface area contributed by atoms with Crippen LogP contribution in [0.3, 0.4) is 0 Å². The third-order valence-electron chi connectivity index (χ3n) is 4.49. The Bertz CT molecular complexity index is 382. The quantitative estimate of drug-likeness (QED) is 0.165. The van der Waals surface area contributed by atoms with Crippen molar-refractivity contribution < 1.29 is 14.0 Å². The van der Waals surface area contributed by atoms with Crippen LogP contribution in [0.1, 0.15) is 90.4 Å². The number of hydrogen-bond acceptors (Lipinski definition) is 2. The number of hydroxylamine groups is 2. The first-order valence-electron chi connectivity index (χ1n) is 10.4. The molecule has 0 aromatic carbocycles. The van der Waals surface area contributed by atoms with Gasteiger partial charge < -0.3 is 0 Å². The number of rotatable bonds is 17. The summed E-state index contributed by atoms with van der Waals surface area (Å²) in [6, 6.07) is 0. The van der Waals surface area contributed by atoms with Gasteiger partial charge in [-0.1, -0.05) is 69.8 Å². The molecule has 0 aromatic rings. The highest BCUT2D eigenvalue weighted by Gasteiger charge is 2.15. The summed E-state index contributed by atoms with van der Waals surface area (Å²) >= 11 is 0. The van der Waals surface area contributed by atoms with E-state index in [9.17, 15) is 9.18 Å². The third kappa shape index (κ3) is 16.3. The number of allylic oxidation sites excluding steroid dienone is 4. The fourth-order valence-corrected chi connectivity index (χ4v) is 2.70. The second kappa shape index (κ2) is 18.6. The number of hydrogen-bond donors (Lipinski definition) is 0. The van der Waals surface area contributed by atoms with Crippen LogP contribution >= 0.6 is 0 Å². The van der Waals surface area contributed by atoms with Crippen LogP contribution in [0.2, 0.25) is 0 Å². The lowest BCUT2D eigenvalue weighted by Gasteiger charge is -2.15. The molecule has 1 atom stereocenters. The number of carbonyl (C=O) groups excluding carboxylic acids is 1. The fraction of sp³-hybridized carbons (Fsp3) is 0.773. The maximum Gasteiger partial charge on any atom is 0.248 e. The van der Waals surface area contributed by atoms with Gasteiger partial charge in [-0.2, -0.15) is 0 Å². The number of carbonyl (C=O) groups is 1. The Morgan fingerprint density at radius 2 is 1.54 bits per heavy atom. The van der Waals surface area contributed by atoms with Crippen molar-refractivity contribution in [2.75, 3.05) is 14.2 Å². The van der Waals surface area contributed by atoms with E-state index in [4.69, 9.17) is 4.84 Å². The summed E-state index contributed by atoms with van der Waals surface area (Å²) in [5, 5.41) is 1.09. The lowest BCUT2D eigenvalue weighted by atomic mass is 10.1. The van der Waals surface area contributed by atoms with Gasteiger partial charge in [0.25, 0.3) is 0 Å². The third-order valence-corrected chi connectivity index (χ3v) is 4.49. The van der Waals surface area contributed by atoms with E-state index in [1.165, 1.54) is 52.7 Å². The van der Waals surface area contributed by atoms with Gasteiger partial charge in [-0.25, -0.2) is 9.45 Å². The van der Waals surface area contributed by atoms with E-state index in [1.807, 2.05) is 0 Å². The number of nitrogens with zero attached hydrogens (tertiary/aromatic N) is 1. The minimum Gasteiger partial charge on any atom is -0.275 e. The summed E-state index contributed by atoms with van der Waals surface area (Å²) < 4.78 is 13.7. The van der Waals surface area contributed by atoms with E-state index in [0.29, 0.717) is 6.42 Å². The summed E-state index contributed by atoms with van der Waals surface area (Å²) in [5.41, 5.74) is 0. The molecule has 0 aliphatic carbocycles. The van der Waals surface area contributed by atoms with Crippen molar-refractivity contribution in [1.29, 1.82) is 0 Å². The van der Waals surface area contributed by atoms with Crippen LogP contribution in [0.4, 0.5) is 4.39 Å². The Morgan fingerprint density at radius 3 is 2.15 bits per heavy atom. The average Bonchev–Trinajstić information content (AvgIpc) is 2.64. The highest BCUT2D eigenvalue weighted by Crippen LogP contribution is 2.13. The molecule has 152 valence electrons. The summed E-state index contributed by atoms with van der Waals surface area (Å²) in [6.45, 7) is 2.23. The van der Waals surface area contributed by atoms with Gasteiger partial charge in [-0.3, -0.25) is 9.63 Å². The van der Waals surface area contributed by atoms with E-state index < -0.39 is 6.17 Å². The van der Waals surface area contributed by atoms with Crippen molar-refractivity contribution in [2.24, 2.45) is 0 Å². The molecular formula is C22H40FNO2. The predicted molar refractivity (Wildman–Crippen MR) is 109 cm³/mol. The predicted octanol–water partition coefficient (Wildman–Crippen LogP) is 6.55. The van der Waals surface area contributed by atoms with Gasteiger partial charge in [0.1, 0.15) is 6.17 Å². The molecule has 0 aromatic heterocycles. The van der Waals surface area contributed by atoms with Crippen molar-refractivity contribution in [3.8, 4) is 0 Å². The van der Waals surface area contributed by atoms with Gasteiger partial charge in [0.05, 0.1) is 13.5 Å². The zero-order chi connectivity index (χ0) is 19.5. The van der Waals surface area contributed by atoms with Crippen LogP contribution < -0.4 is 0 Å². The molecule has 0 radical (unpaired) electrons. The van der Waals surface area contributed by atoms with Gasteiger partial charge in [0.15, 0.2) is 0 Å². The molecule has 0 fully saturated rings. The summed E-state index contributed by atoms with van der Waals surface area (Å²) in [4.78, 5) is 16.2. The number of halogens is 1. The molecule has 0 aliphatic heterocycles. The molecule has 0 N–H and O–H groups in total. The van der Waals surface area contributed by atoms with Crippen LogP contribution in [0.15, 0.2) is 24.3 Å². The first kappa shape index (κ1) is 24.8. The first-order valence-corrected chi connectivity index (χ1v) is 10.4. The highest BCUT2D eigenvalue weighted by atomic mass is 19.1. The monoisotopic (exact) mass is 369 g/mol. The van der Waals surface area contributed by atoms with Crippen LogP contribution in [0, 0.1) is 0 Å². The van der Waals surface area contributed by atoms with Gasteiger partial charge >= 0.3 is 0 Å². The molecule has 0 spiro atoms. The Balaban J connectivity index is 3.40. The van der Waals surface area contributed by atoms with Crippen molar-refractivity contribution in [3.05, 3.63) is 24.3 Å². The van der Waals surface area contributed by atoms with E-state index in [2.05, 4.69) is 31.2 Å². The molecule has 1 unspecified atom stereocenters. The molecular weight excluding hydrogens is 329 g/mol. The topological polar surface area (TPSA) is 29.5 Å². The molecule has 0 saturated carbocycles. The van der Waals surface area contributed by atoms with Gasteiger partial charge in [0.2, 0.25) is 5.91 Å². The number of alkyl halides is 1. The Labute approximate surface area is 160 Å². The van der Waals surface area contributed by atoms with E-state index in [0.717, 1.165) is 37.2 Å². The van der Waals surface area contributed by atoms with Crippen LogP contribution in [0.5, 0.6) is 0 Å². The van der Waals surface area contributed by atoms with Crippen molar-refractivity contribution >= 4 is 5.91 Å². The van der Waals surface area contributed by atoms with Crippen LogP contribution in [-0.2, 0) is 9.63 Å². The van der Waals surface area contributed by atoms with E-state index in [-0.39, 0.29) is 12.3 Å².